The van der Waals surface area contributed by atoms with E-state index in [1.54, 1.807) is 0 Å². The molecule has 0 fully saturated rings. The highest BCUT2D eigenvalue weighted by molar-refractivity contribution is 7.90. The fourth-order valence-electron chi connectivity index (χ4n) is 1.42. The van der Waals surface area contributed by atoms with Crippen LogP contribution < -0.4 is 5.32 Å². The molecular formula is C12H19NO2S. The van der Waals surface area contributed by atoms with Gasteiger partial charge in [-0.05, 0) is 43.5 Å². The van der Waals surface area contributed by atoms with Crippen LogP contribution in [0.4, 0.5) is 5.69 Å². The van der Waals surface area contributed by atoms with E-state index < -0.39 is 9.84 Å². The van der Waals surface area contributed by atoms with Gasteiger partial charge in [-0.2, -0.15) is 0 Å². The number of rotatable bonds is 5. The van der Waals surface area contributed by atoms with Gasteiger partial charge in [-0.15, -0.1) is 0 Å². The third-order valence-corrected chi connectivity index (χ3v) is 3.56. The van der Waals surface area contributed by atoms with Gasteiger partial charge in [0.15, 0.2) is 0 Å². The van der Waals surface area contributed by atoms with E-state index in [2.05, 4.69) is 31.3 Å². The molecule has 0 amide bonds. The normalized spacial score (nSPS) is 11.4. The highest BCUT2D eigenvalue weighted by atomic mass is 32.2. The largest absolute Gasteiger partial charge is 0.385 e. The topological polar surface area (TPSA) is 46.2 Å². The van der Waals surface area contributed by atoms with Gasteiger partial charge in [0.05, 0.1) is 5.75 Å². The maximum absolute atomic E-state index is 10.9. The summed E-state index contributed by atoms with van der Waals surface area (Å²) in [5.41, 5.74) is 3.56. The van der Waals surface area contributed by atoms with Crippen molar-refractivity contribution in [2.24, 2.45) is 0 Å². The van der Waals surface area contributed by atoms with Gasteiger partial charge in [0.25, 0.3) is 0 Å². The molecule has 3 nitrogen and oxygen atoms in total. The molecule has 1 N–H and O–H groups in total. The maximum atomic E-state index is 10.9. The summed E-state index contributed by atoms with van der Waals surface area (Å²) in [7, 11) is -2.83. The summed E-state index contributed by atoms with van der Waals surface area (Å²) in [6, 6.07) is 6.16. The molecule has 0 aromatic heterocycles. The minimum Gasteiger partial charge on any atom is -0.385 e. The van der Waals surface area contributed by atoms with Crippen LogP contribution in [0.2, 0.25) is 0 Å². The van der Waals surface area contributed by atoms with Crippen LogP contribution in [0.15, 0.2) is 18.2 Å². The van der Waals surface area contributed by atoms with Gasteiger partial charge in [-0.1, -0.05) is 6.07 Å². The molecule has 0 heterocycles. The molecule has 0 unspecified atom stereocenters. The van der Waals surface area contributed by atoms with Crippen LogP contribution in [0.3, 0.4) is 0 Å². The Balaban J connectivity index is 2.41. The van der Waals surface area contributed by atoms with Crippen molar-refractivity contribution in [1.29, 1.82) is 0 Å². The van der Waals surface area contributed by atoms with E-state index in [0.717, 1.165) is 5.69 Å². The van der Waals surface area contributed by atoms with Crippen molar-refractivity contribution in [3.8, 4) is 0 Å². The summed E-state index contributed by atoms with van der Waals surface area (Å²) in [5.74, 6) is 0.241. The lowest BCUT2D eigenvalue weighted by Gasteiger charge is -2.08. The van der Waals surface area contributed by atoms with Gasteiger partial charge in [0.2, 0.25) is 0 Å². The minimum atomic E-state index is -2.83. The van der Waals surface area contributed by atoms with Gasteiger partial charge in [-0.25, -0.2) is 8.42 Å². The summed E-state index contributed by atoms with van der Waals surface area (Å²) in [4.78, 5) is 0. The average molecular weight is 241 g/mol. The van der Waals surface area contributed by atoms with Gasteiger partial charge in [-0.3, -0.25) is 0 Å². The Kier molecular flexibility index (Phi) is 4.35. The van der Waals surface area contributed by atoms with E-state index in [-0.39, 0.29) is 5.75 Å². The highest BCUT2D eigenvalue weighted by Crippen LogP contribution is 2.13. The van der Waals surface area contributed by atoms with Crippen LogP contribution >= 0.6 is 0 Å². The molecule has 0 bridgehead atoms. The zero-order valence-electron chi connectivity index (χ0n) is 10.1. The van der Waals surface area contributed by atoms with Crippen LogP contribution in [0, 0.1) is 13.8 Å². The monoisotopic (exact) mass is 241 g/mol. The highest BCUT2D eigenvalue weighted by Gasteiger charge is 2.01. The Hall–Kier alpha value is -1.03. The Morgan fingerprint density at radius 3 is 2.44 bits per heavy atom. The third-order valence-electron chi connectivity index (χ3n) is 2.53. The molecule has 0 radical (unpaired) electrons. The summed E-state index contributed by atoms with van der Waals surface area (Å²) in [6.07, 6.45) is 1.91. The van der Waals surface area contributed by atoms with Crippen molar-refractivity contribution >= 4 is 15.5 Å². The molecule has 1 aromatic rings. The fraction of sp³-hybridized carbons (Fsp3) is 0.500. The first-order valence-corrected chi connectivity index (χ1v) is 7.43. The van der Waals surface area contributed by atoms with E-state index in [9.17, 15) is 8.42 Å². The zero-order chi connectivity index (χ0) is 12.2. The zero-order valence-corrected chi connectivity index (χ0v) is 10.9. The van der Waals surface area contributed by atoms with E-state index in [1.807, 2.05) is 6.07 Å². The smallest absolute Gasteiger partial charge is 0.147 e. The fourth-order valence-corrected chi connectivity index (χ4v) is 2.09. The number of nitrogens with one attached hydrogen (secondary N) is 1. The van der Waals surface area contributed by atoms with E-state index >= 15 is 0 Å². The van der Waals surface area contributed by atoms with Crippen LogP contribution in [0.5, 0.6) is 0 Å². The quantitative estimate of drug-likeness (QED) is 0.803. The third kappa shape index (κ3) is 4.66. The minimum absolute atomic E-state index is 0.241. The standard InChI is InChI=1S/C12H19NO2S/c1-10-5-6-12(9-11(10)2)13-7-4-8-16(3,14)15/h5-6,9,13H,4,7-8H2,1-3H3. The molecule has 4 heteroatoms. The van der Waals surface area contributed by atoms with Crippen molar-refractivity contribution in [2.75, 3.05) is 23.9 Å². The molecule has 0 aliphatic carbocycles. The van der Waals surface area contributed by atoms with Crippen LogP contribution in [-0.2, 0) is 9.84 Å². The molecule has 0 aliphatic heterocycles. The predicted molar refractivity (Wildman–Crippen MR) is 68.7 cm³/mol. The molecule has 0 atom stereocenters. The Bertz CT molecular complexity index is 452. The van der Waals surface area contributed by atoms with E-state index in [0.29, 0.717) is 13.0 Å². The Labute approximate surface area is 97.8 Å². The number of hydrogen-bond donors (Lipinski definition) is 1. The second-order valence-corrected chi connectivity index (χ2v) is 6.47. The van der Waals surface area contributed by atoms with E-state index in [1.165, 1.54) is 17.4 Å². The van der Waals surface area contributed by atoms with Crippen LogP contribution in [-0.4, -0.2) is 27.0 Å². The Morgan fingerprint density at radius 1 is 1.19 bits per heavy atom. The molecule has 1 aromatic carbocycles. The summed E-state index contributed by atoms with van der Waals surface area (Å²) in [5, 5.41) is 3.22. The van der Waals surface area contributed by atoms with Gasteiger partial charge in [0.1, 0.15) is 9.84 Å². The predicted octanol–water partition coefficient (Wildman–Crippen LogP) is 2.15. The first-order chi connectivity index (χ1) is 7.38. The number of anilines is 1. The summed E-state index contributed by atoms with van der Waals surface area (Å²) in [6.45, 7) is 4.83. The van der Waals surface area contributed by atoms with Crippen molar-refractivity contribution in [3.63, 3.8) is 0 Å². The molecular weight excluding hydrogens is 222 g/mol. The number of benzene rings is 1. The SMILES string of the molecule is Cc1ccc(NCCCS(C)(=O)=O)cc1C. The van der Waals surface area contributed by atoms with Gasteiger partial charge < -0.3 is 5.32 Å². The van der Waals surface area contributed by atoms with Gasteiger partial charge in [0, 0.05) is 18.5 Å². The molecule has 1 rings (SSSR count). The molecule has 16 heavy (non-hydrogen) atoms. The molecule has 90 valence electrons. The van der Waals surface area contributed by atoms with Crippen molar-refractivity contribution in [1.82, 2.24) is 0 Å². The van der Waals surface area contributed by atoms with E-state index in [4.69, 9.17) is 0 Å². The lowest BCUT2D eigenvalue weighted by molar-refractivity contribution is 0.600. The second-order valence-electron chi connectivity index (χ2n) is 4.21. The number of aryl methyl sites for hydroxylation is 2. The summed E-state index contributed by atoms with van der Waals surface area (Å²) < 4.78 is 21.8. The van der Waals surface area contributed by atoms with Crippen LogP contribution in [0.1, 0.15) is 17.5 Å². The number of hydrogen-bond acceptors (Lipinski definition) is 3. The van der Waals surface area contributed by atoms with Crippen molar-refractivity contribution in [2.45, 2.75) is 20.3 Å². The molecule has 0 spiro atoms. The molecule has 0 saturated carbocycles. The van der Waals surface area contributed by atoms with Crippen molar-refractivity contribution < 1.29 is 8.42 Å². The lowest BCUT2D eigenvalue weighted by atomic mass is 10.1. The lowest BCUT2D eigenvalue weighted by Crippen LogP contribution is -2.09. The van der Waals surface area contributed by atoms with Gasteiger partial charge >= 0.3 is 0 Å². The first kappa shape index (κ1) is 13.0. The van der Waals surface area contributed by atoms with Crippen LogP contribution in [0.25, 0.3) is 0 Å². The molecule has 0 saturated heterocycles. The Morgan fingerprint density at radius 2 is 1.88 bits per heavy atom. The maximum Gasteiger partial charge on any atom is 0.147 e. The average Bonchev–Trinajstić information content (AvgIpc) is 2.17. The second kappa shape index (κ2) is 5.34. The first-order valence-electron chi connectivity index (χ1n) is 5.37. The van der Waals surface area contributed by atoms with Crippen molar-refractivity contribution in [3.05, 3.63) is 29.3 Å². The molecule has 0 aliphatic rings. The summed E-state index contributed by atoms with van der Waals surface area (Å²) >= 11 is 0. The number of sulfone groups is 1.